The van der Waals surface area contributed by atoms with Gasteiger partial charge in [0.15, 0.2) is 0 Å². The number of aromatic nitrogens is 2. The fourth-order valence-electron chi connectivity index (χ4n) is 2.04. The number of hydrogen-bond acceptors (Lipinski definition) is 2. The van der Waals surface area contributed by atoms with Gasteiger partial charge < -0.3 is 5.32 Å². The summed E-state index contributed by atoms with van der Waals surface area (Å²) in [5.41, 5.74) is 2.54. The maximum Gasteiger partial charge on any atom is 0.148 e. The number of nitrogens with zero attached hydrogens (tertiary/aromatic N) is 2. The van der Waals surface area contributed by atoms with E-state index in [0.717, 1.165) is 18.7 Å². The van der Waals surface area contributed by atoms with Crippen LogP contribution in [0.4, 0.5) is 5.82 Å². The van der Waals surface area contributed by atoms with Gasteiger partial charge in [-0.3, -0.25) is 4.68 Å². The van der Waals surface area contributed by atoms with Gasteiger partial charge in [-0.05, 0) is 25.3 Å². The fraction of sp³-hybridized carbons (Fsp3) is 0.400. The van der Waals surface area contributed by atoms with Crippen LogP contribution in [-0.4, -0.2) is 15.8 Å². The molecule has 0 spiro atoms. The summed E-state index contributed by atoms with van der Waals surface area (Å²) in [5.74, 6) is 0.970. The molecule has 1 atom stereocenters. The molecule has 0 fully saturated rings. The van der Waals surface area contributed by atoms with Gasteiger partial charge in [0.05, 0.1) is 0 Å². The molecule has 0 bridgehead atoms. The van der Waals surface area contributed by atoms with E-state index in [4.69, 9.17) is 0 Å². The molecule has 2 aromatic rings. The van der Waals surface area contributed by atoms with Crippen LogP contribution in [0.25, 0.3) is 0 Å². The quantitative estimate of drug-likeness (QED) is 0.874. The average molecular weight is 243 g/mol. The molecule has 3 nitrogen and oxygen atoms in total. The van der Waals surface area contributed by atoms with Crippen molar-refractivity contribution in [2.24, 2.45) is 7.05 Å². The molecule has 1 N–H and O–H groups in total. The zero-order valence-electron chi connectivity index (χ0n) is 11.4. The van der Waals surface area contributed by atoms with Crippen LogP contribution in [-0.2, 0) is 13.5 Å². The molecule has 3 heteroatoms. The lowest BCUT2D eigenvalue weighted by Crippen LogP contribution is -2.21. The van der Waals surface area contributed by atoms with Crippen LogP contribution < -0.4 is 5.32 Å². The minimum Gasteiger partial charge on any atom is -0.366 e. The third kappa shape index (κ3) is 3.13. The minimum atomic E-state index is 0.432. The monoisotopic (exact) mass is 243 g/mol. The molecule has 18 heavy (non-hydrogen) atoms. The molecule has 1 heterocycles. The van der Waals surface area contributed by atoms with Crippen molar-refractivity contribution in [3.8, 4) is 0 Å². The maximum absolute atomic E-state index is 4.45. The highest BCUT2D eigenvalue weighted by molar-refractivity contribution is 5.37. The molecule has 2 rings (SSSR count). The van der Waals surface area contributed by atoms with Crippen molar-refractivity contribution < 1.29 is 0 Å². The van der Waals surface area contributed by atoms with E-state index in [0.29, 0.717) is 6.04 Å². The summed E-state index contributed by atoms with van der Waals surface area (Å²) in [6, 6.07) is 13.1. The Hall–Kier alpha value is -1.77. The van der Waals surface area contributed by atoms with Gasteiger partial charge in [0.2, 0.25) is 0 Å². The maximum atomic E-state index is 4.45. The molecule has 0 saturated carbocycles. The summed E-state index contributed by atoms with van der Waals surface area (Å²) in [6.45, 7) is 4.27. The highest BCUT2D eigenvalue weighted by Gasteiger charge is 2.09. The molecule has 0 radical (unpaired) electrons. The van der Waals surface area contributed by atoms with E-state index in [9.17, 15) is 0 Å². The standard InChI is InChI=1S/C15H21N3/c1-4-14(11-13-8-6-5-7-9-13)16-15-10-12(2)18(3)17-15/h5-10,14H,4,11H2,1-3H3,(H,16,17). The van der Waals surface area contributed by atoms with Crippen molar-refractivity contribution in [3.63, 3.8) is 0 Å². The second-order valence-electron chi connectivity index (χ2n) is 4.73. The summed E-state index contributed by atoms with van der Waals surface area (Å²) >= 11 is 0. The Kier molecular flexibility index (Phi) is 4.03. The van der Waals surface area contributed by atoms with Crippen LogP contribution in [0.5, 0.6) is 0 Å². The first-order valence-electron chi connectivity index (χ1n) is 6.50. The predicted molar refractivity (Wildman–Crippen MR) is 75.8 cm³/mol. The molecular weight excluding hydrogens is 222 g/mol. The van der Waals surface area contributed by atoms with Gasteiger partial charge in [-0.2, -0.15) is 5.10 Å². The Morgan fingerprint density at radius 3 is 2.56 bits per heavy atom. The van der Waals surface area contributed by atoms with Crippen LogP contribution in [0.15, 0.2) is 36.4 Å². The smallest absolute Gasteiger partial charge is 0.148 e. The Balaban J connectivity index is 2.01. The molecule has 1 unspecified atom stereocenters. The van der Waals surface area contributed by atoms with E-state index in [1.54, 1.807) is 0 Å². The van der Waals surface area contributed by atoms with Gasteiger partial charge in [-0.1, -0.05) is 37.3 Å². The Bertz CT molecular complexity index is 468. The third-order valence-corrected chi connectivity index (χ3v) is 3.28. The van der Waals surface area contributed by atoms with Crippen molar-refractivity contribution in [2.75, 3.05) is 5.32 Å². The van der Waals surface area contributed by atoms with E-state index < -0.39 is 0 Å². The third-order valence-electron chi connectivity index (χ3n) is 3.28. The first-order valence-corrected chi connectivity index (χ1v) is 6.50. The van der Waals surface area contributed by atoms with Gasteiger partial charge in [-0.15, -0.1) is 0 Å². The molecule has 0 amide bonds. The van der Waals surface area contributed by atoms with Crippen LogP contribution in [0.3, 0.4) is 0 Å². The lowest BCUT2D eigenvalue weighted by molar-refractivity contribution is 0.677. The molecule has 1 aromatic carbocycles. The van der Waals surface area contributed by atoms with Gasteiger partial charge >= 0.3 is 0 Å². The van der Waals surface area contributed by atoms with Crippen LogP contribution in [0, 0.1) is 6.92 Å². The first-order chi connectivity index (χ1) is 8.69. The van der Waals surface area contributed by atoms with Crippen molar-refractivity contribution in [1.29, 1.82) is 0 Å². The molecule has 0 aliphatic carbocycles. The van der Waals surface area contributed by atoms with E-state index in [2.05, 4.69) is 60.7 Å². The van der Waals surface area contributed by atoms with Crippen molar-refractivity contribution in [3.05, 3.63) is 47.7 Å². The molecule has 0 aliphatic heterocycles. The number of anilines is 1. The van der Waals surface area contributed by atoms with Gasteiger partial charge in [0.25, 0.3) is 0 Å². The van der Waals surface area contributed by atoms with E-state index in [-0.39, 0.29) is 0 Å². The number of hydrogen-bond donors (Lipinski definition) is 1. The lowest BCUT2D eigenvalue weighted by Gasteiger charge is -2.16. The highest BCUT2D eigenvalue weighted by atomic mass is 15.3. The Labute approximate surface area is 109 Å². The molecule has 0 aliphatic rings. The second-order valence-corrected chi connectivity index (χ2v) is 4.73. The zero-order chi connectivity index (χ0) is 13.0. The van der Waals surface area contributed by atoms with Crippen molar-refractivity contribution in [2.45, 2.75) is 32.7 Å². The predicted octanol–water partition coefficient (Wildman–Crippen LogP) is 3.16. The van der Waals surface area contributed by atoms with E-state index >= 15 is 0 Å². The van der Waals surface area contributed by atoms with Crippen LogP contribution in [0.2, 0.25) is 0 Å². The molecular formula is C15H21N3. The summed E-state index contributed by atoms with van der Waals surface area (Å²) in [4.78, 5) is 0. The van der Waals surface area contributed by atoms with Gasteiger partial charge in [-0.25, -0.2) is 0 Å². The van der Waals surface area contributed by atoms with Crippen LogP contribution in [0.1, 0.15) is 24.6 Å². The minimum absolute atomic E-state index is 0.432. The van der Waals surface area contributed by atoms with E-state index in [1.807, 2.05) is 11.7 Å². The average Bonchev–Trinajstić information content (AvgIpc) is 2.69. The number of aryl methyl sites for hydroxylation is 2. The first kappa shape index (κ1) is 12.7. The van der Waals surface area contributed by atoms with Crippen molar-refractivity contribution >= 4 is 5.82 Å². The highest BCUT2D eigenvalue weighted by Crippen LogP contribution is 2.13. The van der Waals surface area contributed by atoms with Gasteiger partial charge in [0, 0.05) is 24.8 Å². The fourth-order valence-corrected chi connectivity index (χ4v) is 2.04. The Morgan fingerprint density at radius 1 is 1.28 bits per heavy atom. The number of benzene rings is 1. The second kappa shape index (κ2) is 5.71. The number of rotatable bonds is 5. The largest absolute Gasteiger partial charge is 0.366 e. The normalized spacial score (nSPS) is 12.4. The molecule has 0 saturated heterocycles. The van der Waals surface area contributed by atoms with Crippen LogP contribution >= 0.6 is 0 Å². The van der Waals surface area contributed by atoms with E-state index in [1.165, 1.54) is 11.3 Å². The van der Waals surface area contributed by atoms with Gasteiger partial charge in [0.1, 0.15) is 5.82 Å². The zero-order valence-corrected chi connectivity index (χ0v) is 11.4. The number of nitrogens with one attached hydrogen (secondary N) is 1. The summed E-state index contributed by atoms with van der Waals surface area (Å²) in [7, 11) is 1.97. The lowest BCUT2D eigenvalue weighted by atomic mass is 10.0. The summed E-state index contributed by atoms with van der Waals surface area (Å²) in [6.07, 6.45) is 2.12. The summed E-state index contributed by atoms with van der Waals surface area (Å²) < 4.78 is 1.90. The molecule has 96 valence electrons. The SMILES string of the molecule is CCC(Cc1ccccc1)Nc1cc(C)n(C)n1. The van der Waals surface area contributed by atoms with Crippen molar-refractivity contribution in [1.82, 2.24) is 9.78 Å². The topological polar surface area (TPSA) is 29.9 Å². The Morgan fingerprint density at radius 2 is 2.00 bits per heavy atom. The summed E-state index contributed by atoms with van der Waals surface area (Å²) in [5, 5.41) is 7.95. The molecule has 1 aromatic heterocycles.